The number of hydrogen-bond acceptors (Lipinski definition) is 4. The van der Waals surface area contributed by atoms with Crippen molar-refractivity contribution in [3.8, 4) is 0 Å². The van der Waals surface area contributed by atoms with Crippen LogP contribution >= 0.6 is 0 Å². The van der Waals surface area contributed by atoms with Gasteiger partial charge in [0.2, 0.25) is 0 Å². The van der Waals surface area contributed by atoms with Crippen molar-refractivity contribution in [3.05, 3.63) is 0 Å². The molecule has 0 aromatic rings. The van der Waals surface area contributed by atoms with E-state index in [1.54, 1.807) is 0 Å². The average molecular weight is 247 g/mol. The molecule has 0 unspecified atom stereocenters. The Balaban J connectivity index is 3.02. The van der Waals surface area contributed by atoms with Gasteiger partial charge < -0.3 is 0 Å². The predicted octanol–water partition coefficient (Wildman–Crippen LogP) is -2.23. The van der Waals surface area contributed by atoms with Crippen molar-refractivity contribution in [3.63, 3.8) is 0 Å². The van der Waals surface area contributed by atoms with E-state index < -0.39 is 21.7 Å². The second-order valence-electron chi connectivity index (χ2n) is 0.600. The Morgan fingerprint density at radius 1 is 0.800 bits per heavy atom. The Bertz CT molecular complexity index is 19.1. The van der Waals surface area contributed by atoms with Crippen LogP contribution in [0.3, 0.4) is 0 Å². The van der Waals surface area contributed by atoms with E-state index >= 15 is 0 Å². The van der Waals surface area contributed by atoms with Crippen LogP contribution in [0.1, 0.15) is 0 Å². The van der Waals surface area contributed by atoms with E-state index in [0.717, 1.165) is 0 Å². The van der Waals surface area contributed by atoms with Gasteiger partial charge in [-0.3, -0.25) is 0 Å². The van der Waals surface area contributed by atoms with Crippen LogP contribution in [0.25, 0.3) is 0 Å². The zero-order valence-corrected chi connectivity index (χ0v) is 5.88. The maximum absolute atomic E-state index is 7.41. The minimum atomic E-state index is -5.28. The Hall–Kier alpha value is 0.710. The molecule has 0 aromatic heterocycles. The Morgan fingerprint density at radius 3 is 0.800 bits per heavy atom. The summed E-state index contributed by atoms with van der Waals surface area (Å²) in [5.41, 5.74) is 0. The van der Waals surface area contributed by atoms with Crippen molar-refractivity contribution in [2.24, 2.45) is 0 Å². The van der Waals surface area contributed by atoms with Gasteiger partial charge in [0.1, 0.15) is 0 Å². The molecule has 5 heteroatoms. The molecule has 0 atom stereocenters. The summed E-state index contributed by atoms with van der Waals surface area (Å²) < 4.78 is 29.6. The summed E-state index contributed by atoms with van der Waals surface area (Å²) in [5, 5.41) is 0. The molecule has 0 fully saturated rings. The molecule has 0 aliphatic rings. The van der Waals surface area contributed by atoms with Gasteiger partial charge in [0.15, 0.2) is 0 Å². The van der Waals surface area contributed by atoms with Crippen LogP contribution in [0.5, 0.6) is 0 Å². The van der Waals surface area contributed by atoms with Crippen molar-refractivity contribution >= 4 is 0 Å². The molecule has 0 aliphatic heterocycles. The third-order valence-corrected chi connectivity index (χ3v) is 0. The van der Waals surface area contributed by atoms with Gasteiger partial charge in [0.25, 0.3) is 0 Å². The van der Waals surface area contributed by atoms with E-state index in [1.807, 2.05) is 0 Å². The molecule has 0 aromatic carbocycles. The summed E-state index contributed by atoms with van der Waals surface area (Å²) in [4.78, 5) is 0. The molecule has 0 heterocycles. The molecule has 0 aliphatic carbocycles. The van der Waals surface area contributed by atoms with Crippen molar-refractivity contribution in [2.75, 3.05) is 0 Å². The molecular weight excluding hydrogens is 242 g/mol. The average Bonchev–Trinajstić information content (AvgIpc) is 0.722. The van der Waals surface area contributed by atoms with E-state index in [4.69, 9.17) is 12.9 Å². The first-order valence-electron chi connectivity index (χ1n) is 0.894. The van der Waals surface area contributed by atoms with Gasteiger partial charge in [-0.05, 0) is 0 Å². The normalized spacial score (nSPS) is 12.0. The van der Waals surface area contributed by atoms with Crippen molar-refractivity contribution in [2.45, 2.75) is 0 Å². The Labute approximate surface area is 35.1 Å². The quantitative estimate of drug-likeness (QED) is 0.365. The zero-order valence-electron chi connectivity index (χ0n) is 2.29. The van der Waals surface area contributed by atoms with E-state index in [-0.39, 0.29) is 0 Å². The summed E-state index contributed by atoms with van der Waals surface area (Å²) in [6, 6.07) is 0. The van der Waals surface area contributed by atoms with Gasteiger partial charge in [-0.15, -0.1) is 0 Å². The van der Waals surface area contributed by atoms with Gasteiger partial charge in [-0.25, -0.2) is 0 Å². The summed E-state index contributed by atoms with van der Waals surface area (Å²) >= 11 is -5.28. The summed E-state index contributed by atoms with van der Waals surface area (Å²) in [5.74, 6) is 0. The summed E-state index contributed by atoms with van der Waals surface area (Å²) in [6.45, 7) is 0. The summed E-state index contributed by atoms with van der Waals surface area (Å²) in [7, 11) is 0. The standard InChI is InChI=1S/Hf.4H2O/h;4*1H2/q+4;;;;/p-4. The van der Waals surface area contributed by atoms with Crippen LogP contribution in [-0.2, 0) is 21.7 Å². The molecule has 32 valence electrons. The van der Waals surface area contributed by atoms with Gasteiger partial charge in [0, 0.05) is 0 Å². The fraction of sp³-hybridized carbons (Fsp3) is 0. The second-order valence-corrected chi connectivity index (χ2v) is 4.91. The molecular formula is H4HfO4. The zero-order chi connectivity index (χ0) is 4.50. The van der Waals surface area contributed by atoms with Gasteiger partial charge in [-0.2, -0.15) is 0 Å². The molecule has 0 spiro atoms. The van der Waals surface area contributed by atoms with Crippen molar-refractivity contribution in [1.82, 2.24) is 0 Å². The van der Waals surface area contributed by atoms with Gasteiger partial charge in [-0.1, -0.05) is 0 Å². The van der Waals surface area contributed by atoms with Gasteiger partial charge in [0.05, 0.1) is 0 Å². The first kappa shape index (κ1) is 5.71. The van der Waals surface area contributed by atoms with E-state index in [0.29, 0.717) is 0 Å². The monoisotopic (exact) mass is 248 g/mol. The van der Waals surface area contributed by atoms with Crippen LogP contribution in [0.4, 0.5) is 0 Å². The van der Waals surface area contributed by atoms with E-state index in [9.17, 15) is 0 Å². The van der Waals surface area contributed by atoms with Crippen LogP contribution < -0.4 is 0 Å². The third-order valence-electron chi connectivity index (χ3n) is 0. The molecule has 0 saturated heterocycles. The predicted molar refractivity (Wildman–Crippen MR) is 8.88 cm³/mol. The molecule has 0 bridgehead atoms. The first-order valence-corrected chi connectivity index (χ1v) is 7.32. The van der Waals surface area contributed by atoms with Crippen LogP contribution in [-0.4, -0.2) is 12.9 Å². The molecule has 0 saturated carbocycles. The van der Waals surface area contributed by atoms with Gasteiger partial charge >= 0.3 is 34.6 Å². The van der Waals surface area contributed by atoms with Crippen LogP contribution in [0, 0.1) is 0 Å². The van der Waals surface area contributed by atoms with Crippen molar-refractivity contribution in [1.29, 1.82) is 0 Å². The topological polar surface area (TPSA) is 80.9 Å². The molecule has 4 N–H and O–H groups in total. The molecule has 5 heavy (non-hydrogen) atoms. The molecule has 0 amide bonds. The van der Waals surface area contributed by atoms with Crippen LogP contribution in [0.15, 0.2) is 0 Å². The Morgan fingerprint density at radius 2 is 0.800 bits per heavy atom. The third kappa shape index (κ3) is 68.6. The number of rotatable bonds is 0. The SMILES string of the molecule is [OH][Hf]([OH])([OH])[OH]. The molecule has 0 rings (SSSR count). The van der Waals surface area contributed by atoms with Crippen LogP contribution in [0.2, 0.25) is 0 Å². The van der Waals surface area contributed by atoms with E-state index in [1.165, 1.54) is 0 Å². The molecule has 4 nitrogen and oxygen atoms in total. The minimum absolute atomic E-state index is 5.28. The van der Waals surface area contributed by atoms with Crippen molar-refractivity contribution < 1.29 is 34.6 Å². The fourth-order valence-electron chi connectivity index (χ4n) is 0. The number of hydrogen-bond donors (Lipinski definition) is 4. The van der Waals surface area contributed by atoms with E-state index in [2.05, 4.69) is 0 Å². The molecule has 0 radical (unpaired) electrons. The maximum atomic E-state index is 7.41. The summed E-state index contributed by atoms with van der Waals surface area (Å²) in [6.07, 6.45) is 0. The first-order chi connectivity index (χ1) is 2.00. The fourth-order valence-corrected chi connectivity index (χ4v) is 0. The second kappa shape index (κ2) is 1.44. The Kier molecular flexibility index (Phi) is 1.64.